The van der Waals surface area contributed by atoms with Gasteiger partial charge in [-0.2, -0.15) is 0 Å². The lowest BCUT2D eigenvalue weighted by atomic mass is 9.93. The van der Waals surface area contributed by atoms with Crippen molar-refractivity contribution in [3.8, 4) is 0 Å². The molecule has 4 aromatic rings. The Morgan fingerprint density at radius 1 is 0.875 bits per heavy atom. The molecule has 40 heavy (non-hydrogen) atoms. The lowest BCUT2D eigenvalue weighted by molar-refractivity contribution is 0.0544. The summed E-state index contributed by atoms with van der Waals surface area (Å²) in [5, 5.41) is 0.895. The smallest absolute Gasteiger partial charge is 0.419 e. The van der Waals surface area contributed by atoms with Crippen molar-refractivity contribution in [2.75, 3.05) is 6.61 Å². The molecule has 0 bridgehead atoms. The summed E-state index contributed by atoms with van der Waals surface area (Å²) >= 11 is 0. The third-order valence-corrected chi connectivity index (χ3v) is 7.98. The van der Waals surface area contributed by atoms with Crippen LogP contribution in [0.1, 0.15) is 69.8 Å². The van der Waals surface area contributed by atoms with Gasteiger partial charge in [0.2, 0.25) is 0 Å². The molecule has 7 heteroatoms. The standard InChI is InChI=1S/C33H40N2O4S/c1-32(2,3)39-31(36)35-22-28(27-18-12-13-19-29(27)35)30(34-40(37)33(4,5)6)26-17-11-10-16-25(26)20-21-38-23-24-14-8-7-9-15-24/h7-19,22,30,34H,20-21,23H2,1-6H3/t30-,40-/m1/s1. The minimum atomic E-state index is -1.38. The lowest BCUT2D eigenvalue weighted by Crippen LogP contribution is -2.36. The SMILES string of the molecule is CC(C)(C)OC(=O)n1cc([C@H](N[S@](=O)C(C)(C)C)c2ccccc2CCOCc2ccccc2)c2ccccc21. The number of nitrogens with zero attached hydrogens (tertiary/aromatic N) is 1. The maximum absolute atomic E-state index is 13.5. The van der Waals surface area contributed by atoms with Crippen molar-refractivity contribution < 1.29 is 18.5 Å². The van der Waals surface area contributed by atoms with Gasteiger partial charge in [0, 0.05) is 17.1 Å². The van der Waals surface area contributed by atoms with Gasteiger partial charge in [-0.05, 0) is 70.7 Å². The van der Waals surface area contributed by atoms with Crippen LogP contribution in [0.5, 0.6) is 0 Å². The minimum absolute atomic E-state index is 0.432. The fraction of sp³-hybridized carbons (Fsp3) is 0.364. The monoisotopic (exact) mass is 560 g/mol. The van der Waals surface area contributed by atoms with Crippen molar-refractivity contribution in [2.24, 2.45) is 0 Å². The predicted molar refractivity (Wildman–Crippen MR) is 163 cm³/mol. The average Bonchev–Trinajstić information content (AvgIpc) is 3.29. The lowest BCUT2D eigenvalue weighted by Gasteiger charge is -2.26. The van der Waals surface area contributed by atoms with Crippen LogP contribution in [-0.4, -0.2) is 31.8 Å². The number of aromatic nitrogens is 1. The molecule has 1 N–H and O–H groups in total. The molecule has 1 aromatic heterocycles. The molecule has 212 valence electrons. The zero-order chi connectivity index (χ0) is 28.9. The third-order valence-electron chi connectivity index (χ3n) is 6.42. The van der Waals surface area contributed by atoms with Gasteiger partial charge in [-0.1, -0.05) is 72.8 Å². The number of fused-ring (bicyclic) bond motifs is 1. The predicted octanol–water partition coefficient (Wildman–Crippen LogP) is 7.33. The molecule has 0 aliphatic rings. The van der Waals surface area contributed by atoms with E-state index in [1.807, 2.05) is 102 Å². The number of rotatable bonds is 9. The van der Waals surface area contributed by atoms with Crippen LogP contribution in [0.4, 0.5) is 4.79 Å². The van der Waals surface area contributed by atoms with E-state index in [4.69, 9.17) is 9.47 Å². The number of benzene rings is 3. The summed E-state index contributed by atoms with van der Waals surface area (Å²) in [6.07, 6.45) is 2.06. The molecule has 0 saturated heterocycles. The van der Waals surface area contributed by atoms with Gasteiger partial charge in [0.05, 0.1) is 40.5 Å². The van der Waals surface area contributed by atoms with Crippen LogP contribution < -0.4 is 4.72 Å². The highest BCUT2D eigenvalue weighted by Gasteiger charge is 2.29. The van der Waals surface area contributed by atoms with Gasteiger partial charge < -0.3 is 9.47 Å². The highest BCUT2D eigenvalue weighted by atomic mass is 32.2. The van der Waals surface area contributed by atoms with Crippen molar-refractivity contribution >= 4 is 28.0 Å². The van der Waals surface area contributed by atoms with Crippen molar-refractivity contribution in [1.82, 2.24) is 9.29 Å². The van der Waals surface area contributed by atoms with Gasteiger partial charge in [-0.15, -0.1) is 0 Å². The minimum Gasteiger partial charge on any atom is -0.443 e. The largest absolute Gasteiger partial charge is 0.443 e. The first-order valence-corrected chi connectivity index (χ1v) is 14.8. The van der Waals surface area contributed by atoms with Crippen LogP contribution in [0.15, 0.2) is 85.1 Å². The Bertz CT molecular complexity index is 1470. The van der Waals surface area contributed by atoms with Gasteiger partial charge >= 0.3 is 6.09 Å². The summed E-state index contributed by atoms with van der Waals surface area (Å²) in [4.78, 5) is 13.2. The molecule has 0 fully saturated rings. The molecule has 0 unspecified atom stereocenters. The Labute approximate surface area is 240 Å². The van der Waals surface area contributed by atoms with Gasteiger partial charge in [0.15, 0.2) is 0 Å². The first-order chi connectivity index (χ1) is 18.9. The summed E-state index contributed by atoms with van der Waals surface area (Å²) in [5.41, 5.74) is 4.18. The number of hydrogen-bond acceptors (Lipinski definition) is 4. The second kappa shape index (κ2) is 12.5. The van der Waals surface area contributed by atoms with Gasteiger partial charge in [0.1, 0.15) is 5.60 Å². The second-order valence-corrected chi connectivity index (χ2v) is 13.9. The van der Waals surface area contributed by atoms with Crippen LogP contribution in [-0.2, 0) is 33.5 Å². The fourth-order valence-corrected chi connectivity index (χ4v) is 5.29. The van der Waals surface area contributed by atoms with Crippen molar-refractivity contribution in [3.63, 3.8) is 0 Å². The normalized spacial score (nSPS) is 13.8. The quantitative estimate of drug-likeness (QED) is 0.218. The number of nitrogens with one attached hydrogen (secondary N) is 1. The Morgan fingerprint density at radius 2 is 1.52 bits per heavy atom. The van der Waals surface area contributed by atoms with E-state index in [-0.39, 0.29) is 0 Å². The Hall–Kier alpha value is -3.26. The Morgan fingerprint density at radius 3 is 2.23 bits per heavy atom. The number of ether oxygens (including phenoxy) is 2. The van der Waals surface area contributed by atoms with Crippen LogP contribution in [0.2, 0.25) is 0 Å². The van der Waals surface area contributed by atoms with Crippen LogP contribution in [0, 0.1) is 0 Å². The first kappa shape index (κ1) is 29.7. The van der Waals surface area contributed by atoms with Gasteiger partial charge in [-0.3, -0.25) is 4.57 Å². The van der Waals surface area contributed by atoms with Crippen molar-refractivity contribution in [1.29, 1.82) is 0 Å². The molecule has 0 amide bonds. The molecule has 0 spiro atoms. The van der Waals surface area contributed by atoms with E-state index in [0.29, 0.717) is 19.6 Å². The number of hydrogen-bond donors (Lipinski definition) is 1. The number of carbonyl (C=O) groups excluding carboxylic acids is 1. The van der Waals surface area contributed by atoms with E-state index in [1.165, 1.54) is 0 Å². The molecule has 2 atom stereocenters. The molecule has 4 rings (SSSR count). The average molecular weight is 561 g/mol. The first-order valence-electron chi connectivity index (χ1n) is 13.6. The molecular formula is C33H40N2O4S. The summed E-state index contributed by atoms with van der Waals surface area (Å²) in [7, 11) is -1.38. The van der Waals surface area contributed by atoms with Gasteiger partial charge in [0.25, 0.3) is 0 Å². The molecule has 0 saturated carbocycles. The van der Waals surface area contributed by atoms with E-state index in [0.717, 1.165) is 33.2 Å². The van der Waals surface area contributed by atoms with Crippen molar-refractivity contribution in [2.45, 2.75) is 71.0 Å². The van der Waals surface area contributed by atoms with E-state index in [1.54, 1.807) is 4.57 Å². The maximum Gasteiger partial charge on any atom is 0.419 e. The van der Waals surface area contributed by atoms with Crippen molar-refractivity contribution in [3.05, 3.63) is 107 Å². The summed E-state index contributed by atoms with van der Waals surface area (Å²) in [5.74, 6) is 0. The Balaban J connectivity index is 1.72. The third kappa shape index (κ3) is 7.47. The maximum atomic E-state index is 13.5. The van der Waals surface area contributed by atoms with E-state index >= 15 is 0 Å². The second-order valence-electron chi connectivity index (χ2n) is 11.9. The number of carbonyl (C=O) groups is 1. The molecule has 0 aliphatic heterocycles. The highest BCUT2D eigenvalue weighted by Crippen LogP contribution is 2.34. The summed E-state index contributed by atoms with van der Waals surface area (Å²) in [6.45, 7) is 12.5. The van der Waals surface area contributed by atoms with E-state index in [2.05, 4.69) is 29.0 Å². The highest BCUT2D eigenvalue weighted by molar-refractivity contribution is 7.84. The topological polar surface area (TPSA) is 69.6 Å². The summed E-state index contributed by atoms with van der Waals surface area (Å²) in [6, 6.07) is 25.6. The molecule has 0 aliphatic carbocycles. The zero-order valence-electron chi connectivity index (χ0n) is 24.3. The van der Waals surface area contributed by atoms with E-state index < -0.39 is 33.5 Å². The Kier molecular flexibility index (Phi) is 9.29. The fourth-order valence-electron chi connectivity index (χ4n) is 4.47. The van der Waals surface area contributed by atoms with E-state index in [9.17, 15) is 9.00 Å². The zero-order valence-corrected chi connectivity index (χ0v) is 25.1. The molecule has 0 radical (unpaired) electrons. The van der Waals surface area contributed by atoms with Crippen LogP contribution in [0.25, 0.3) is 10.9 Å². The van der Waals surface area contributed by atoms with Gasteiger partial charge in [-0.25, -0.2) is 13.7 Å². The molecule has 1 heterocycles. The molecular weight excluding hydrogens is 520 g/mol. The summed E-state index contributed by atoms with van der Waals surface area (Å²) < 4.78 is 29.7. The molecule has 6 nitrogen and oxygen atoms in total. The number of para-hydroxylation sites is 1. The van der Waals surface area contributed by atoms with Crippen LogP contribution >= 0.6 is 0 Å². The van der Waals surface area contributed by atoms with Crippen LogP contribution in [0.3, 0.4) is 0 Å². The molecule has 3 aromatic carbocycles.